The molecule has 1 aromatic rings. The summed E-state index contributed by atoms with van der Waals surface area (Å²) in [5.74, 6) is 0.702. The van der Waals surface area contributed by atoms with Crippen molar-refractivity contribution < 1.29 is 13.3 Å². The van der Waals surface area contributed by atoms with Crippen LogP contribution in [0.15, 0.2) is 28.1 Å². The van der Waals surface area contributed by atoms with Crippen molar-refractivity contribution in [3.8, 4) is 0 Å². The Morgan fingerprint density at radius 3 is 2.43 bits per heavy atom. The molecule has 2 rings (SSSR count). The number of nitrogens with one attached hydrogen (secondary N) is 3. The number of hydrogen-bond donors (Lipinski definition) is 3. The van der Waals surface area contributed by atoms with Crippen molar-refractivity contribution in [3.05, 3.63) is 28.3 Å². The number of benzene rings is 1. The summed E-state index contributed by atoms with van der Waals surface area (Å²) in [4.78, 5) is 14.9. The van der Waals surface area contributed by atoms with Crippen LogP contribution in [0.2, 0.25) is 0 Å². The molecule has 0 atom stereocenters. The van der Waals surface area contributed by atoms with Gasteiger partial charge in [-0.15, -0.1) is 24.0 Å². The quantitative estimate of drug-likeness (QED) is 0.107. The van der Waals surface area contributed by atoms with Gasteiger partial charge in [0, 0.05) is 39.0 Å². The number of nitro benzene ring substituents is 1. The Balaban J connectivity index is 0.00000450. The van der Waals surface area contributed by atoms with Crippen molar-refractivity contribution >= 4 is 51.1 Å². The number of sulfone groups is 1. The van der Waals surface area contributed by atoms with Crippen LogP contribution >= 0.6 is 24.0 Å². The Morgan fingerprint density at radius 1 is 1.23 bits per heavy atom. The molecule has 1 aliphatic carbocycles. The zero-order chi connectivity index (χ0) is 21.5. The summed E-state index contributed by atoms with van der Waals surface area (Å²) < 4.78 is 23.2. The van der Waals surface area contributed by atoms with Gasteiger partial charge < -0.3 is 16.0 Å². The first-order chi connectivity index (χ1) is 13.7. The van der Waals surface area contributed by atoms with Crippen molar-refractivity contribution in [1.29, 1.82) is 0 Å². The van der Waals surface area contributed by atoms with Gasteiger partial charge in [-0.3, -0.25) is 15.1 Å². The molecular formula is C19H32IN5O4S. The van der Waals surface area contributed by atoms with Crippen molar-refractivity contribution in [2.45, 2.75) is 43.9 Å². The lowest BCUT2D eigenvalue weighted by atomic mass is 9.83. The molecule has 1 fully saturated rings. The molecule has 30 heavy (non-hydrogen) atoms. The van der Waals surface area contributed by atoms with Crippen LogP contribution in [0.25, 0.3) is 0 Å². The van der Waals surface area contributed by atoms with E-state index >= 15 is 0 Å². The van der Waals surface area contributed by atoms with E-state index in [0.717, 1.165) is 25.3 Å². The van der Waals surface area contributed by atoms with Crippen molar-refractivity contribution in [2.24, 2.45) is 10.4 Å². The van der Waals surface area contributed by atoms with Crippen LogP contribution in [0.4, 0.5) is 11.4 Å². The zero-order valence-corrected chi connectivity index (χ0v) is 20.9. The number of nitrogens with zero attached hydrogens (tertiary/aromatic N) is 2. The van der Waals surface area contributed by atoms with Gasteiger partial charge >= 0.3 is 0 Å². The Kier molecular flexibility index (Phi) is 10.3. The van der Waals surface area contributed by atoms with Gasteiger partial charge in [0.05, 0.1) is 9.82 Å². The Hall–Kier alpha value is -1.63. The molecule has 1 saturated carbocycles. The minimum absolute atomic E-state index is 0. The molecule has 0 spiro atoms. The number of rotatable bonds is 9. The van der Waals surface area contributed by atoms with Crippen molar-refractivity contribution in [2.75, 3.05) is 38.3 Å². The fourth-order valence-corrected chi connectivity index (χ4v) is 4.33. The van der Waals surface area contributed by atoms with Gasteiger partial charge in [-0.05, 0) is 36.8 Å². The molecular weight excluding hydrogens is 521 g/mol. The summed E-state index contributed by atoms with van der Waals surface area (Å²) in [6.07, 6.45) is 7.21. The molecule has 0 aromatic heterocycles. The number of aliphatic imine (C=N–C) groups is 1. The Morgan fingerprint density at radius 2 is 1.90 bits per heavy atom. The maximum Gasteiger partial charge on any atom is 0.293 e. The summed E-state index contributed by atoms with van der Waals surface area (Å²) in [6, 6.07) is 3.87. The largest absolute Gasteiger partial charge is 0.378 e. The third-order valence-corrected chi connectivity index (χ3v) is 6.71. The van der Waals surface area contributed by atoms with Crippen LogP contribution in [0.5, 0.6) is 0 Å². The number of nitro groups is 1. The fraction of sp³-hybridized carbons (Fsp3) is 0.632. The highest BCUT2D eigenvalue weighted by Gasteiger charge is 2.31. The third-order valence-electron chi connectivity index (χ3n) is 5.60. The smallest absolute Gasteiger partial charge is 0.293 e. The van der Waals surface area contributed by atoms with Crippen LogP contribution in [0.1, 0.15) is 39.0 Å². The minimum atomic E-state index is -3.50. The predicted octanol–water partition coefficient (Wildman–Crippen LogP) is 3.16. The first-order valence-electron chi connectivity index (χ1n) is 9.88. The zero-order valence-electron chi connectivity index (χ0n) is 17.7. The standard InChI is InChI=1S/C19H31N5O4S.HI/c1-4-19(9-5-6-10-19)14-23-18(20-2)22-12-11-21-16-8-7-15(29(3,27)28)13-17(16)24(25)26;/h7-8,13,21H,4-6,9-12,14H2,1-3H3,(H2,20,22,23);1H. The molecule has 3 N–H and O–H groups in total. The van der Waals surface area contributed by atoms with Crippen molar-refractivity contribution in [1.82, 2.24) is 10.6 Å². The average Bonchev–Trinajstić information content (AvgIpc) is 3.16. The summed E-state index contributed by atoms with van der Waals surface area (Å²) in [5, 5.41) is 20.9. The second-order valence-electron chi connectivity index (χ2n) is 7.55. The Labute approximate surface area is 195 Å². The molecule has 170 valence electrons. The van der Waals surface area contributed by atoms with Crippen LogP contribution in [-0.2, 0) is 9.84 Å². The fourth-order valence-electron chi connectivity index (χ4n) is 3.69. The molecule has 0 radical (unpaired) electrons. The molecule has 0 aliphatic heterocycles. The second-order valence-corrected chi connectivity index (χ2v) is 9.56. The molecule has 1 aromatic carbocycles. The maximum atomic E-state index is 11.6. The van der Waals surface area contributed by atoms with Gasteiger partial charge in [-0.1, -0.05) is 19.8 Å². The minimum Gasteiger partial charge on any atom is -0.378 e. The summed E-state index contributed by atoms with van der Waals surface area (Å²) >= 11 is 0. The number of guanidine groups is 1. The van der Waals surface area contributed by atoms with Crippen molar-refractivity contribution in [3.63, 3.8) is 0 Å². The van der Waals surface area contributed by atoms with E-state index in [0.29, 0.717) is 24.5 Å². The first-order valence-corrected chi connectivity index (χ1v) is 11.8. The molecule has 0 saturated heterocycles. The van der Waals surface area contributed by atoms with Gasteiger partial charge in [0.1, 0.15) is 5.69 Å². The molecule has 0 unspecified atom stereocenters. The average molecular weight is 553 g/mol. The lowest BCUT2D eigenvalue weighted by Crippen LogP contribution is -2.44. The Bertz CT molecular complexity index is 854. The van der Waals surface area contributed by atoms with Gasteiger partial charge in [0.25, 0.3) is 5.69 Å². The monoisotopic (exact) mass is 553 g/mol. The van der Waals surface area contributed by atoms with Crippen LogP contribution in [0, 0.1) is 15.5 Å². The SMILES string of the molecule is CCC1(CNC(=NC)NCCNc2ccc(S(C)(=O)=O)cc2[N+](=O)[O-])CCCC1.I. The maximum absolute atomic E-state index is 11.6. The topological polar surface area (TPSA) is 126 Å². The van der Waals surface area contributed by atoms with Crippen LogP contribution in [0.3, 0.4) is 0 Å². The molecule has 11 heteroatoms. The molecule has 0 amide bonds. The molecule has 0 heterocycles. The summed E-state index contributed by atoms with van der Waals surface area (Å²) in [6.45, 7) is 4.03. The van der Waals surface area contributed by atoms with E-state index in [1.165, 1.54) is 37.8 Å². The van der Waals surface area contributed by atoms with Crippen LogP contribution in [-0.4, -0.2) is 52.2 Å². The number of hydrogen-bond acceptors (Lipinski definition) is 6. The van der Waals surface area contributed by atoms with Crippen LogP contribution < -0.4 is 16.0 Å². The lowest BCUT2D eigenvalue weighted by Gasteiger charge is -2.28. The number of halogens is 1. The highest BCUT2D eigenvalue weighted by Crippen LogP contribution is 2.40. The van der Waals surface area contributed by atoms with E-state index < -0.39 is 14.8 Å². The summed E-state index contributed by atoms with van der Waals surface area (Å²) in [7, 11) is -1.79. The van der Waals surface area contributed by atoms with E-state index in [1.54, 1.807) is 7.05 Å². The second kappa shape index (κ2) is 11.7. The number of anilines is 1. The van der Waals surface area contributed by atoms with E-state index in [2.05, 4.69) is 27.9 Å². The highest BCUT2D eigenvalue weighted by molar-refractivity contribution is 14.0. The predicted molar refractivity (Wildman–Crippen MR) is 131 cm³/mol. The van der Waals surface area contributed by atoms with Gasteiger partial charge in [0.2, 0.25) is 0 Å². The van der Waals surface area contributed by atoms with Gasteiger partial charge in [-0.25, -0.2) is 8.42 Å². The van der Waals surface area contributed by atoms with E-state index in [-0.39, 0.29) is 40.2 Å². The van der Waals surface area contributed by atoms with E-state index in [4.69, 9.17) is 0 Å². The van der Waals surface area contributed by atoms with Gasteiger partial charge in [-0.2, -0.15) is 0 Å². The lowest BCUT2D eigenvalue weighted by molar-refractivity contribution is -0.384. The molecule has 0 bridgehead atoms. The first kappa shape index (κ1) is 26.4. The molecule has 1 aliphatic rings. The highest BCUT2D eigenvalue weighted by atomic mass is 127. The molecule has 9 nitrogen and oxygen atoms in total. The normalized spacial score (nSPS) is 15.9. The summed E-state index contributed by atoms with van der Waals surface area (Å²) in [5.41, 5.74) is 0.363. The van der Waals surface area contributed by atoms with E-state index in [9.17, 15) is 18.5 Å². The van der Waals surface area contributed by atoms with E-state index in [1.807, 2.05) is 0 Å². The third kappa shape index (κ3) is 7.25. The van der Waals surface area contributed by atoms with Gasteiger partial charge in [0.15, 0.2) is 15.8 Å².